The first-order valence-corrected chi connectivity index (χ1v) is 7.12. The van der Waals surface area contributed by atoms with Gasteiger partial charge in [-0.3, -0.25) is 4.79 Å². The molecule has 0 saturated heterocycles. The maximum absolute atomic E-state index is 12.1. The van der Waals surface area contributed by atoms with Crippen molar-refractivity contribution in [2.45, 2.75) is 19.9 Å². The molecule has 0 heterocycles. The van der Waals surface area contributed by atoms with Crippen LogP contribution in [0.3, 0.4) is 0 Å². The molecule has 0 radical (unpaired) electrons. The molecule has 0 saturated carbocycles. The van der Waals surface area contributed by atoms with E-state index in [0.717, 1.165) is 17.8 Å². The number of nitrogens with zero attached hydrogens (tertiary/aromatic N) is 1. The largest absolute Gasteiger partial charge is 0.326 e. The van der Waals surface area contributed by atoms with Crippen molar-refractivity contribution in [1.82, 2.24) is 4.90 Å². The van der Waals surface area contributed by atoms with Gasteiger partial charge in [-0.05, 0) is 44.3 Å². The number of benzene rings is 2. The Morgan fingerprint density at radius 3 is 2.43 bits per heavy atom. The Morgan fingerprint density at radius 2 is 1.76 bits per heavy atom. The Kier molecular flexibility index (Phi) is 5.12. The molecule has 1 N–H and O–H groups in total. The SMILES string of the molecule is Cc1ccc(CC(=O)Nc2cccc(CN(C)C)c2)cc1. The van der Waals surface area contributed by atoms with Gasteiger partial charge in [-0.15, -0.1) is 0 Å². The summed E-state index contributed by atoms with van der Waals surface area (Å²) in [5, 5.41) is 2.96. The van der Waals surface area contributed by atoms with Crippen LogP contribution in [0.5, 0.6) is 0 Å². The highest BCUT2D eigenvalue weighted by Gasteiger charge is 2.05. The summed E-state index contributed by atoms with van der Waals surface area (Å²) in [5.41, 5.74) is 4.28. The molecule has 2 rings (SSSR count). The third-order valence-electron chi connectivity index (χ3n) is 3.19. The van der Waals surface area contributed by atoms with Crippen molar-refractivity contribution >= 4 is 11.6 Å². The average molecular weight is 282 g/mol. The van der Waals surface area contributed by atoms with E-state index in [1.807, 2.05) is 63.5 Å². The normalized spacial score (nSPS) is 10.7. The Morgan fingerprint density at radius 1 is 1.05 bits per heavy atom. The molecule has 21 heavy (non-hydrogen) atoms. The number of anilines is 1. The molecule has 3 heteroatoms. The summed E-state index contributed by atoms with van der Waals surface area (Å²) in [6.45, 7) is 2.90. The van der Waals surface area contributed by atoms with E-state index in [4.69, 9.17) is 0 Å². The fourth-order valence-electron chi connectivity index (χ4n) is 2.21. The Labute approximate surface area is 126 Å². The van der Waals surface area contributed by atoms with Gasteiger partial charge in [-0.1, -0.05) is 42.0 Å². The van der Waals surface area contributed by atoms with Gasteiger partial charge in [0.05, 0.1) is 6.42 Å². The molecule has 0 bridgehead atoms. The molecule has 3 nitrogen and oxygen atoms in total. The third-order valence-corrected chi connectivity index (χ3v) is 3.19. The predicted octanol–water partition coefficient (Wildman–Crippen LogP) is 3.24. The third kappa shape index (κ3) is 5.04. The molecule has 0 atom stereocenters. The number of rotatable bonds is 5. The fraction of sp³-hybridized carbons (Fsp3) is 0.278. The van der Waals surface area contributed by atoms with E-state index in [0.29, 0.717) is 6.42 Å². The second kappa shape index (κ2) is 7.04. The molecular formula is C18H22N2O. The number of carbonyl (C=O) groups is 1. The van der Waals surface area contributed by atoms with Crippen molar-refractivity contribution < 1.29 is 4.79 Å². The quantitative estimate of drug-likeness (QED) is 0.913. The summed E-state index contributed by atoms with van der Waals surface area (Å²) in [6.07, 6.45) is 0.401. The van der Waals surface area contributed by atoms with Crippen LogP contribution < -0.4 is 5.32 Å². The molecule has 0 spiro atoms. The van der Waals surface area contributed by atoms with Crippen LogP contribution in [0.2, 0.25) is 0 Å². The molecule has 0 aromatic heterocycles. The van der Waals surface area contributed by atoms with E-state index < -0.39 is 0 Å². The summed E-state index contributed by atoms with van der Waals surface area (Å²) >= 11 is 0. The van der Waals surface area contributed by atoms with Gasteiger partial charge in [0.25, 0.3) is 0 Å². The van der Waals surface area contributed by atoms with Crippen LogP contribution in [0.1, 0.15) is 16.7 Å². The monoisotopic (exact) mass is 282 g/mol. The zero-order chi connectivity index (χ0) is 15.2. The van der Waals surface area contributed by atoms with Crippen LogP contribution in [0.15, 0.2) is 48.5 Å². The first-order chi connectivity index (χ1) is 10.0. The molecule has 0 aliphatic heterocycles. The minimum atomic E-state index is 0.0147. The van der Waals surface area contributed by atoms with Gasteiger partial charge in [0.1, 0.15) is 0 Å². The van der Waals surface area contributed by atoms with Gasteiger partial charge in [-0.2, -0.15) is 0 Å². The van der Waals surface area contributed by atoms with E-state index in [1.54, 1.807) is 0 Å². The zero-order valence-corrected chi connectivity index (χ0v) is 12.9. The molecule has 0 fully saturated rings. The lowest BCUT2D eigenvalue weighted by atomic mass is 10.1. The summed E-state index contributed by atoms with van der Waals surface area (Å²) in [5.74, 6) is 0.0147. The highest BCUT2D eigenvalue weighted by atomic mass is 16.1. The van der Waals surface area contributed by atoms with Crippen molar-refractivity contribution in [3.63, 3.8) is 0 Å². The highest BCUT2D eigenvalue weighted by molar-refractivity contribution is 5.92. The van der Waals surface area contributed by atoms with Crippen LogP contribution in [0.4, 0.5) is 5.69 Å². The number of amides is 1. The maximum Gasteiger partial charge on any atom is 0.228 e. The highest BCUT2D eigenvalue weighted by Crippen LogP contribution is 2.13. The molecule has 110 valence electrons. The molecule has 1 amide bonds. The number of nitrogens with one attached hydrogen (secondary N) is 1. The minimum Gasteiger partial charge on any atom is -0.326 e. The lowest BCUT2D eigenvalue weighted by molar-refractivity contribution is -0.115. The Hall–Kier alpha value is -2.13. The molecule has 0 aliphatic rings. The van der Waals surface area contributed by atoms with Crippen LogP contribution in [0.25, 0.3) is 0 Å². The molecule has 0 aliphatic carbocycles. The predicted molar refractivity (Wildman–Crippen MR) is 87.3 cm³/mol. The van der Waals surface area contributed by atoms with E-state index in [9.17, 15) is 4.79 Å². The Balaban J connectivity index is 1.97. The molecular weight excluding hydrogens is 260 g/mol. The van der Waals surface area contributed by atoms with Gasteiger partial charge < -0.3 is 10.2 Å². The van der Waals surface area contributed by atoms with Crippen molar-refractivity contribution in [1.29, 1.82) is 0 Å². The van der Waals surface area contributed by atoms with Gasteiger partial charge in [0, 0.05) is 12.2 Å². The number of carbonyl (C=O) groups excluding carboxylic acids is 1. The lowest BCUT2D eigenvalue weighted by Crippen LogP contribution is -2.15. The first kappa shape index (κ1) is 15.3. The first-order valence-electron chi connectivity index (χ1n) is 7.12. The number of hydrogen-bond acceptors (Lipinski definition) is 2. The van der Waals surface area contributed by atoms with Crippen molar-refractivity contribution in [2.75, 3.05) is 19.4 Å². The van der Waals surface area contributed by atoms with Gasteiger partial charge >= 0.3 is 0 Å². The smallest absolute Gasteiger partial charge is 0.228 e. The number of aryl methyl sites for hydroxylation is 1. The number of hydrogen-bond donors (Lipinski definition) is 1. The van der Waals surface area contributed by atoms with Crippen LogP contribution in [-0.2, 0) is 17.8 Å². The summed E-state index contributed by atoms with van der Waals surface area (Å²) < 4.78 is 0. The van der Waals surface area contributed by atoms with Crippen molar-refractivity contribution in [3.05, 3.63) is 65.2 Å². The molecule has 2 aromatic rings. The van der Waals surface area contributed by atoms with Crippen LogP contribution in [0, 0.1) is 6.92 Å². The summed E-state index contributed by atoms with van der Waals surface area (Å²) in [6, 6.07) is 16.0. The average Bonchev–Trinajstić information content (AvgIpc) is 2.41. The van der Waals surface area contributed by atoms with E-state index in [2.05, 4.69) is 16.3 Å². The van der Waals surface area contributed by atoms with Gasteiger partial charge in [-0.25, -0.2) is 0 Å². The van der Waals surface area contributed by atoms with Gasteiger partial charge in [0.2, 0.25) is 5.91 Å². The lowest BCUT2D eigenvalue weighted by Gasteiger charge is -2.11. The summed E-state index contributed by atoms with van der Waals surface area (Å²) in [4.78, 5) is 14.2. The van der Waals surface area contributed by atoms with E-state index >= 15 is 0 Å². The standard InChI is InChI=1S/C18H22N2O/c1-14-7-9-15(10-8-14)12-18(21)19-17-6-4-5-16(11-17)13-20(2)3/h4-11H,12-13H2,1-3H3,(H,19,21). The maximum atomic E-state index is 12.1. The topological polar surface area (TPSA) is 32.3 Å². The second-order valence-corrected chi connectivity index (χ2v) is 5.65. The molecule has 2 aromatic carbocycles. The molecule has 0 unspecified atom stereocenters. The van der Waals surface area contributed by atoms with Crippen molar-refractivity contribution in [2.24, 2.45) is 0 Å². The van der Waals surface area contributed by atoms with Crippen molar-refractivity contribution in [3.8, 4) is 0 Å². The van der Waals surface area contributed by atoms with Crippen LogP contribution >= 0.6 is 0 Å². The zero-order valence-electron chi connectivity index (χ0n) is 12.9. The van der Waals surface area contributed by atoms with Gasteiger partial charge in [0.15, 0.2) is 0 Å². The minimum absolute atomic E-state index is 0.0147. The summed E-state index contributed by atoms with van der Waals surface area (Å²) in [7, 11) is 4.06. The fourth-order valence-corrected chi connectivity index (χ4v) is 2.21. The van der Waals surface area contributed by atoms with E-state index in [-0.39, 0.29) is 5.91 Å². The Bertz CT molecular complexity index is 603. The second-order valence-electron chi connectivity index (χ2n) is 5.65. The van der Waals surface area contributed by atoms with E-state index in [1.165, 1.54) is 11.1 Å². The van der Waals surface area contributed by atoms with Crippen LogP contribution in [-0.4, -0.2) is 24.9 Å².